The van der Waals surface area contributed by atoms with Gasteiger partial charge >= 0.3 is 0 Å². The summed E-state index contributed by atoms with van der Waals surface area (Å²) in [7, 11) is 0. The molecule has 1 heterocycles. The van der Waals surface area contributed by atoms with Crippen molar-refractivity contribution in [3.63, 3.8) is 0 Å². The predicted octanol–water partition coefficient (Wildman–Crippen LogP) is 2.46. The molecule has 2 aromatic carbocycles. The van der Waals surface area contributed by atoms with E-state index in [-0.39, 0.29) is 11.6 Å². The number of hydrogen-bond donors (Lipinski definition) is 2. The highest BCUT2D eigenvalue weighted by Crippen LogP contribution is 2.13. The zero-order valence-corrected chi connectivity index (χ0v) is 10.6. The maximum absolute atomic E-state index is 12.1. The van der Waals surface area contributed by atoms with E-state index in [1.54, 1.807) is 24.3 Å². The van der Waals surface area contributed by atoms with Crippen LogP contribution in [0.2, 0.25) is 0 Å². The molecular weight excluding hydrogens is 252 g/mol. The van der Waals surface area contributed by atoms with E-state index in [1.807, 2.05) is 24.3 Å². The molecule has 0 saturated heterocycles. The fourth-order valence-corrected chi connectivity index (χ4v) is 1.83. The molecule has 0 aliphatic heterocycles. The van der Waals surface area contributed by atoms with Crippen molar-refractivity contribution >= 4 is 28.3 Å². The second kappa shape index (κ2) is 4.97. The highest BCUT2D eigenvalue weighted by molar-refractivity contribution is 6.03. The molecule has 3 N–H and O–H groups in total. The quantitative estimate of drug-likeness (QED) is 0.697. The molecule has 0 spiro atoms. The second-order valence-electron chi connectivity index (χ2n) is 4.32. The van der Waals surface area contributed by atoms with Crippen LogP contribution in [-0.4, -0.2) is 15.9 Å². The first kappa shape index (κ1) is 12.1. The first-order valence-corrected chi connectivity index (χ1v) is 6.11. The zero-order valence-electron chi connectivity index (χ0n) is 10.6. The van der Waals surface area contributed by atoms with Gasteiger partial charge in [-0.25, -0.2) is 4.98 Å². The lowest BCUT2D eigenvalue weighted by Gasteiger charge is -2.05. The summed E-state index contributed by atoms with van der Waals surface area (Å²) in [6.07, 6.45) is 1.47. The Morgan fingerprint density at radius 1 is 1.00 bits per heavy atom. The molecule has 98 valence electrons. The zero-order chi connectivity index (χ0) is 13.9. The van der Waals surface area contributed by atoms with Crippen molar-refractivity contribution in [1.82, 2.24) is 9.97 Å². The van der Waals surface area contributed by atoms with Crippen LogP contribution in [0, 0.1) is 0 Å². The van der Waals surface area contributed by atoms with Crippen LogP contribution in [0.4, 0.5) is 11.4 Å². The number of rotatable bonds is 2. The lowest BCUT2D eigenvalue weighted by atomic mass is 10.2. The third kappa shape index (κ3) is 2.42. The van der Waals surface area contributed by atoms with E-state index in [0.717, 1.165) is 5.52 Å². The van der Waals surface area contributed by atoms with Gasteiger partial charge in [0.25, 0.3) is 5.91 Å². The smallest absolute Gasteiger partial charge is 0.275 e. The van der Waals surface area contributed by atoms with E-state index < -0.39 is 0 Å². The Morgan fingerprint density at radius 2 is 1.70 bits per heavy atom. The number of aromatic nitrogens is 2. The number of nitrogen functional groups attached to an aromatic ring is 1. The van der Waals surface area contributed by atoms with Crippen molar-refractivity contribution in [3.05, 3.63) is 60.4 Å². The second-order valence-corrected chi connectivity index (χ2v) is 4.32. The molecule has 0 saturated carbocycles. The summed E-state index contributed by atoms with van der Waals surface area (Å²) in [5.41, 5.74) is 8.64. The lowest BCUT2D eigenvalue weighted by Crippen LogP contribution is -2.14. The minimum absolute atomic E-state index is 0.278. The van der Waals surface area contributed by atoms with Crippen molar-refractivity contribution in [2.75, 3.05) is 11.1 Å². The molecule has 0 aliphatic carbocycles. The van der Waals surface area contributed by atoms with Crippen molar-refractivity contribution in [2.24, 2.45) is 0 Å². The van der Waals surface area contributed by atoms with Crippen molar-refractivity contribution in [1.29, 1.82) is 0 Å². The SMILES string of the molecule is Nc1ccc(NC(=O)c2cnc3ccccc3n2)cc1. The van der Waals surface area contributed by atoms with E-state index in [9.17, 15) is 4.79 Å². The molecular formula is C15H12N4O. The normalized spacial score (nSPS) is 10.4. The van der Waals surface area contributed by atoms with E-state index in [4.69, 9.17) is 5.73 Å². The van der Waals surface area contributed by atoms with E-state index in [0.29, 0.717) is 16.9 Å². The number of hydrogen-bond acceptors (Lipinski definition) is 4. The number of anilines is 2. The number of carbonyl (C=O) groups is 1. The first-order chi connectivity index (χ1) is 9.72. The van der Waals surface area contributed by atoms with Gasteiger partial charge in [-0.05, 0) is 36.4 Å². The molecule has 1 aromatic heterocycles. The summed E-state index contributed by atoms with van der Waals surface area (Å²) in [5, 5.41) is 2.75. The number of nitrogens with two attached hydrogens (primary N) is 1. The number of nitrogens with one attached hydrogen (secondary N) is 1. The Labute approximate surface area is 115 Å². The summed E-state index contributed by atoms with van der Waals surface area (Å²) < 4.78 is 0. The van der Waals surface area contributed by atoms with E-state index in [2.05, 4.69) is 15.3 Å². The van der Waals surface area contributed by atoms with Crippen LogP contribution in [0.1, 0.15) is 10.5 Å². The van der Waals surface area contributed by atoms with Crippen LogP contribution < -0.4 is 11.1 Å². The van der Waals surface area contributed by atoms with Crippen LogP contribution in [0.3, 0.4) is 0 Å². The third-order valence-corrected chi connectivity index (χ3v) is 2.85. The molecule has 20 heavy (non-hydrogen) atoms. The molecule has 0 fully saturated rings. The van der Waals surface area contributed by atoms with Gasteiger partial charge in [0, 0.05) is 11.4 Å². The lowest BCUT2D eigenvalue weighted by molar-refractivity contribution is 0.102. The maximum atomic E-state index is 12.1. The van der Waals surface area contributed by atoms with Crippen LogP contribution in [0.25, 0.3) is 11.0 Å². The standard InChI is InChI=1S/C15H12N4O/c16-10-5-7-11(8-6-10)18-15(20)14-9-17-12-3-1-2-4-13(12)19-14/h1-9H,16H2,(H,18,20). The first-order valence-electron chi connectivity index (χ1n) is 6.11. The molecule has 0 unspecified atom stereocenters. The van der Waals surface area contributed by atoms with E-state index >= 15 is 0 Å². The monoisotopic (exact) mass is 264 g/mol. The number of nitrogens with zero attached hydrogens (tertiary/aromatic N) is 2. The van der Waals surface area contributed by atoms with Crippen molar-refractivity contribution < 1.29 is 4.79 Å². The fourth-order valence-electron chi connectivity index (χ4n) is 1.83. The van der Waals surface area contributed by atoms with Gasteiger partial charge in [-0.3, -0.25) is 9.78 Å². The minimum atomic E-state index is -0.298. The Bertz CT molecular complexity index is 768. The highest BCUT2D eigenvalue weighted by atomic mass is 16.1. The van der Waals surface area contributed by atoms with Gasteiger partial charge in [0.15, 0.2) is 0 Å². The van der Waals surface area contributed by atoms with Crippen LogP contribution in [0.15, 0.2) is 54.7 Å². The highest BCUT2D eigenvalue weighted by Gasteiger charge is 2.09. The Balaban J connectivity index is 1.86. The van der Waals surface area contributed by atoms with Gasteiger partial charge in [-0.15, -0.1) is 0 Å². The number of fused-ring (bicyclic) bond motifs is 1. The average molecular weight is 264 g/mol. The third-order valence-electron chi connectivity index (χ3n) is 2.85. The van der Waals surface area contributed by atoms with Gasteiger partial charge in [0.1, 0.15) is 5.69 Å². The predicted molar refractivity (Wildman–Crippen MR) is 78.3 cm³/mol. The number of amides is 1. The summed E-state index contributed by atoms with van der Waals surface area (Å²) in [6.45, 7) is 0. The largest absolute Gasteiger partial charge is 0.399 e. The summed E-state index contributed by atoms with van der Waals surface area (Å²) in [5.74, 6) is -0.298. The van der Waals surface area contributed by atoms with Gasteiger partial charge < -0.3 is 11.1 Å². The number of benzene rings is 2. The summed E-state index contributed by atoms with van der Waals surface area (Å²) in [4.78, 5) is 20.6. The molecule has 0 atom stereocenters. The molecule has 3 rings (SSSR count). The van der Waals surface area contributed by atoms with Gasteiger partial charge in [-0.1, -0.05) is 12.1 Å². The number of carbonyl (C=O) groups excluding carboxylic acids is 1. The van der Waals surface area contributed by atoms with Gasteiger partial charge in [0.2, 0.25) is 0 Å². The van der Waals surface area contributed by atoms with Gasteiger partial charge in [0.05, 0.1) is 17.2 Å². The van der Waals surface area contributed by atoms with Crippen molar-refractivity contribution in [2.45, 2.75) is 0 Å². The van der Waals surface area contributed by atoms with Gasteiger partial charge in [-0.2, -0.15) is 0 Å². The molecule has 0 bridgehead atoms. The van der Waals surface area contributed by atoms with Crippen LogP contribution in [-0.2, 0) is 0 Å². The topological polar surface area (TPSA) is 80.9 Å². The molecule has 0 aliphatic rings. The molecule has 5 nitrogen and oxygen atoms in total. The summed E-state index contributed by atoms with van der Waals surface area (Å²) in [6, 6.07) is 14.3. The Kier molecular flexibility index (Phi) is 3.01. The average Bonchev–Trinajstić information content (AvgIpc) is 2.49. The molecule has 0 radical (unpaired) electrons. The number of para-hydroxylation sites is 2. The van der Waals surface area contributed by atoms with Crippen LogP contribution in [0.5, 0.6) is 0 Å². The molecule has 1 amide bonds. The Morgan fingerprint density at radius 3 is 2.45 bits per heavy atom. The van der Waals surface area contributed by atoms with Crippen LogP contribution >= 0.6 is 0 Å². The maximum Gasteiger partial charge on any atom is 0.275 e. The van der Waals surface area contributed by atoms with Crippen molar-refractivity contribution in [3.8, 4) is 0 Å². The summed E-state index contributed by atoms with van der Waals surface area (Å²) >= 11 is 0. The van der Waals surface area contributed by atoms with E-state index in [1.165, 1.54) is 6.20 Å². The molecule has 5 heteroatoms. The molecule has 3 aromatic rings. The fraction of sp³-hybridized carbons (Fsp3) is 0. The Hall–Kier alpha value is -2.95. The minimum Gasteiger partial charge on any atom is -0.399 e.